The second-order valence-electron chi connectivity index (χ2n) is 8.28. The average molecular weight is 476 g/mol. The Bertz CT molecular complexity index is 879. The Labute approximate surface area is 199 Å². The SMILES string of the molecule is Cc1cccc(/C=C/C(=O)N[C@@H](CCCNC(=N)N[N+](=O)[O-])C(=O)N[C@@H](CC(C)C)B(O)O)c1. The number of nitro groups is 1. The number of hydrogen-bond donors (Lipinski definition) is 7. The van der Waals surface area contributed by atoms with Crippen LogP contribution in [0.3, 0.4) is 0 Å². The maximum absolute atomic E-state index is 12.8. The molecule has 13 heteroatoms. The monoisotopic (exact) mass is 476 g/mol. The van der Waals surface area contributed by atoms with Gasteiger partial charge in [0.25, 0.3) is 5.96 Å². The van der Waals surface area contributed by atoms with E-state index in [2.05, 4.69) is 16.0 Å². The van der Waals surface area contributed by atoms with E-state index in [1.165, 1.54) is 6.08 Å². The molecule has 2 amide bonds. The summed E-state index contributed by atoms with van der Waals surface area (Å²) < 4.78 is 0. The van der Waals surface area contributed by atoms with Gasteiger partial charge in [0.1, 0.15) is 6.04 Å². The first-order chi connectivity index (χ1) is 16.0. The van der Waals surface area contributed by atoms with Crippen molar-refractivity contribution < 1.29 is 24.7 Å². The van der Waals surface area contributed by atoms with Crippen LogP contribution >= 0.6 is 0 Å². The van der Waals surface area contributed by atoms with Gasteiger partial charge < -0.3 is 26.0 Å². The lowest BCUT2D eigenvalue weighted by Crippen LogP contribution is -2.54. The van der Waals surface area contributed by atoms with Gasteiger partial charge >= 0.3 is 7.12 Å². The molecular formula is C21H33BN6O6. The summed E-state index contributed by atoms with van der Waals surface area (Å²) >= 11 is 0. The molecule has 0 bridgehead atoms. The number of benzene rings is 1. The maximum Gasteiger partial charge on any atom is 0.475 e. The summed E-state index contributed by atoms with van der Waals surface area (Å²) in [7, 11) is -1.76. The molecule has 1 rings (SSSR count). The van der Waals surface area contributed by atoms with Crippen molar-refractivity contribution in [2.75, 3.05) is 6.54 Å². The summed E-state index contributed by atoms with van der Waals surface area (Å²) in [6.45, 7) is 5.80. The molecule has 0 fully saturated rings. The number of guanidine groups is 1. The zero-order valence-electron chi connectivity index (χ0n) is 19.6. The van der Waals surface area contributed by atoms with Crippen LogP contribution < -0.4 is 21.4 Å². The zero-order valence-corrected chi connectivity index (χ0v) is 19.6. The lowest BCUT2D eigenvalue weighted by atomic mass is 9.75. The number of nitrogens with one attached hydrogen (secondary N) is 5. The quantitative estimate of drug-likeness (QED) is 0.0397. The summed E-state index contributed by atoms with van der Waals surface area (Å²) in [5, 5.41) is 43.7. The predicted molar refractivity (Wildman–Crippen MR) is 129 cm³/mol. The number of carbonyl (C=O) groups is 2. The van der Waals surface area contributed by atoms with E-state index < -0.39 is 41.9 Å². The minimum atomic E-state index is -1.76. The second-order valence-corrected chi connectivity index (χ2v) is 8.28. The van der Waals surface area contributed by atoms with Crippen molar-refractivity contribution in [2.24, 2.45) is 5.92 Å². The van der Waals surface area contributed by atoms with Gasteiger partial charge in [-0.2, -0.15) is 0 Å². The van der Waals surface area contributed by atoms with Gasteiger partial charge in [-0.15, -0.1) is 0 Å². The van der Waals surface area contributed by atoms with Crippen LogP contribution in [0.15, 0.2) is 30.3 Å². The predicted octanol–water partition coefficient (Wildman–Crippen LogP) is 0.122. The minimum Gasteiger partial charge on any atom is -0.426 e. The number of aryl methyl sites for hydroxylation is 1. The molecule has 0 unspecified atom stereocenters. The third-order valence-electron chi connectivity index (χ3n) is 4.69. The molecule has 0 saturated heterocycles. The molecule has 0 aliphatic heterocycles. The number of nitrogens with zero attached hydrogens (tertiary/aromatic N) is 1. The summed E-state index contributed by atoms with van der Waals surface area (Å²) in [6, 6.07) is 6.52. The fourth-order valence-electron chi connectivity index (χ4n) is 3.13. The normalized spacial score (nSPS) is 12.6. The van der Waals surface area contributed by atoms with Gasteiger partial charge in [0.05, 0.1) is 5.94 Å². The number of carbonyl (C=O) groups excluding carboxylic acids is 2. The Morgan fingerprint density at radius 3 is 2.56 bits per heavy atom. The van der Waals surface area contributed by atoms with E-state index in [4.69, 9.17) is 5.41 Å². The van der Waals surface area contributed by atoms with E-state index in [1.807, 2.05) is 45.0 Å². The molecule has 0 aromatic heterocycles. The van der Waals surface area contributed by atoms with Crippen LogP contribution in [0.2, 0.25) is 0 Å². The zero-order chi connectivity index (χ0) is 25.7. The highest BCUT2D eigenvalue weighted by Crippen LogP contribution is 2.08. The highest BCUT2D eigenvalue weighted by Gasteiger charge is 2.29. The molecule has 0 saturated carbocycles. The van der Waals surface area contributed by atoms with Gasteiger partial charge in [0, 0.05) is 12.6 Å². The van der Waals surface area contributed by atoms with Crippen molar-refractivity contribution in [3.63, 3.8) is 0 Å². The van der Waals surface area contributed by atoms with Gasteiger partial charge in [-0.05, 0) is 43.7 Å². The lowest BCUT2D eigenvalue weighted by Gasteiger charge is -2.24. The summed E-state index contributed by atoms with van der Waals surface area (Å²) in [4.78, 5) is 35.6. The van der Waals surface area contributed by atoms with Crippen LogP contribution in [0.5, 0.6) is 0 Å². The smallest absolute Gasteiger partial charge is 0.426 e. The van der Waals surface area contributed by atoms with Crippen LogP contribution in [-0.2, 0) is 9.59 Å². The molecule has 34 heavy (non-hydrogen) atoms. The van der Waals surface area contributed by atoms with Crippen LogP contribution in [0.25, 0.3) is 6.08 Å². The fourth-order valence-corrected chi connectivity index (χ4v) is 3.13. The number of hydrogen-bond acceptors (Lipinski definition) is 7. The maximum atomic E-state index is 12.8. The van der Waals surface area contributed by atoms with Gasteiger partial charge in [0.2, 0.25) is 11.8 Å². The molecule has 0 radical (unpaired) electrons. The van der Waals surface area contributed by atoms with Crippen molar-refractivity contribution in [1.29, 1.82) is 5.41 Å². The molecule has 186 valence electrons. The molecule has 12 nitrogen and oxygen atoms in total. The minimum absolute atomic E-state index is 0.0849. The Hall–Kier alpha value is -3.45. The Balaban J connectivity index is 2.81. The average Bonchev–Trinajstić information content (AvgIpc) is 2.73. The number of amides is 2. The molecular weight excluding hydrogens is 443 g/mol. The second kappa shape index (κ2) is 14.7. The van der Waals surface area contributed by atoms with E-state index in [1.54, 1.807) is 11.5 Å². The van der Waals surface area contributed by atoms with Gasteiger partial charge in [-0.3, -0.25) is 15.0 Å². The van der Waals surface area contributed by atoms with Crippen molar-refractivity contribution in [2.45, 2.75) is 52.0 Å². The first-order valence-electron chi connectivity index (χ1n) is 10.9. The van der Waals surface area contributed by atoms with E-state index in [0.29, 0.717) is 6.42 Å². The van der Waals surface area contributed by atoms with E-state index >= 15 is 0 Å². The van der Waals surface area contributed by atoms with Crippen LogP contribution in [0, 0.1) is 28.4 Å². The fraction of sp³-hybridized carbons (Fsp3) is 0.476. The number of rotatable bonds is 13. The lowest BCUT2D eigenvalue weighted by molar-refractivity contribution is -0.525. The summed E-state index contributed by atoms with van der Waals surface area (Å²) in [5.41, 5.74) is 3.51. The molecule has 0 heterocycles. The highest BCUT2D eigenvalue weighted by molar-refractivity contribution is 6.43. The summed E-state index contributed by atoms with van der Waals surface area (Å²) in [6.07, 6.45) is 3.67. The van der Waals surface area contributed by atoms with Gasteiger partial charge in [0.15, 0.2) is 5.03 Å². The van der Waals surface area contributed by atoms with Crippen LogP contribution in [-0.4, -0.2) is 58.5 Å². The molecule has 0 spiro atoms. The first-order valence-corrected chi connectivity index (χ1v) is 10.9. The molecule has 1 aromatic rings. The molecule has 0 aliphatic rings. The van der Waals surface area contributed by atoms with Crippen molar-refractivity contribution in [3.05, 3.63) is 51.6 Å². The number of hydrazine groups is 1. The first kappa shape index (κ1) is 28.6. The Morgan fingerprint density at radius 2 is 1.97 bits per heavy atom. The standard InChI is InChI=1S/C21H33BN6O6/c1-14(2)12-18(22(31)32)26-20(30)17(8-5-11-24-21(23)27-28(33)34)25-19(29)10-9-16-7-4-6-15(3)13-16/h4,6-7,9-10,13-14,17-18,31-32H,5,8,11-12H2,1-3H3,(H,25,29)(H,26,30)(H3,23,24,27)/b10-9+/t17-,18-/m0/s1. The van der Waals surface area contributed by atoms with E-state index in [9.17, 15) is 29.8 Å². The van der Waals surface area contributed by atoms with E-state index in [-0.39, 0.29) is 25.3 Å². The van der Waals surface area contributed by atoms with Crippen molar-refractivity contribution >= 4 is 31.0 Å². The van der Waals surface area contributed by atoms with Gasteiger partial charge in [-0.1, -0.05) is 49.1 Å². The molecule has 7 N–H and O–H groups in total. The van der Waals surface area contributed by atoms with Crippen LogP contribution in [0.4, 0.5) is 0 Å². The molecule has 2 atom stereocenters. The third-order valence-corrected chi connectivity index (χ3v) is 4.69. The highest BCUT2D eigenvalue weighted by atomic mass is 16.7. The molecule has 1 aromatic carbocycles. The van der Waals surface area contributed by atoms with E-state index in [0.717, 1.165) is 11.1 Å². The Kier molecular flexibility index (Phi) is 12.3. The summed E-state index contributed by atoms with van der Waals surface area (Å²) in [5.74, 6) is -2.43. The van der Waals surface area contributed by atoms with Crippen molar-refractivity contribution in [1.82, 2.24) is 21.4 Å². The molecule has 0 aliphatic carbocycles. The van der Waals surface area contributed by atoms with Crippen molar-refractivity contribution in [3.8, 4) is 0 Å². The largest absolute Gasteiger partial charge is 0.475 e. The topological polar surface area (TPSA) is 190 Å². The third kappa shape index (κ3) is 12.0. The van der Waals surface area contributed by atoms with Crippen LogP contribution in [0.1, 0.15) is 44.2 Å². The Morgan fingerprint density at radius 1 is 1.26 bits per heavy atom. The van der Waals surface area contributed by atoms with Gasteiger partial charge in [-0.25, -0.2) is 10.1 Å².